The summed E-state index contributed by atoms with van der Waals surface area (Å²) < 4.78 is 11.1. The van der Waals surface area contributed by atoms with Gasteiger partial charge in [-0.1, -0.05) is 23.4 Å². The van der Waals surface area contributed by atoms with Crippen LogP contribution in [0.1, 0.15) is 35.8 Å². The van der Waals surface area contributed by atoms with Gasteiger partial charge >= 0.3 is 0 Å². The first-order valence-corrected chi connectivity index (χ1v) is 8.00. The fourth-order valence-electron chi connectivity index (χ4n) is 2.22. The van der Waals surface area contributed by atoms with Gasteiger partial charge in [-0.3, -0.25) is 0 Å². The maximum absolute atomic E-state index is 6.03. The fourth-order valence-corrected chi connectivity index (χ4v) is 2.71. The van der Waals surface area contributed by atoms with E-state index in [-0.39, 0.29) is 12.1 Å². The first-order valence-electron chi connectivity index (χ1n) is 6.60. The first kappa shape index (κ1) is 13.5. The SMILES string of the molecule is CSCCC(N)c1nc(C2Cc3ccccc3O2)no1. The van der Waals surface area contributed by atoms with E-state index in [1.54, 1.807) is 11.8 Å². The normalized spacial score (nSPS) is 18.6. The van der Waals surface area contributed by atoms with Crippen LogP contribution in [0.3, 0.4) is 0 Å². The predicted octanol–water partition coefficient (Wildman–Crippen LogP) is 2.50. The molecule has 2 atom stereocenters. The monoisotopic (exact) mass is 291 g/mol. The van der Waals surface area contributed by atoms with Crippen molar-refractivity contribution in [2.24, 2.45) is 5.73 Å². The van der Waals surface area contributed by atoms with Gasteiger partial charge in [0.25, 0.3) is 0 Å². The molecule has 6 heteroatoms. The molecule has 0 saturated heterocycles. The van der Waals surface area contributed by atoms with Crippen LogP contribution in [0, 0.1) is 0 Å². The summed E-state index contributed by atoms with van der Waals surface area (Å²) >= 11 is 1.75. The van der Waals surface area contributed by atoms with Gasteiger partial charge in [0.2, 0.25) is 11.7 Å². The molecule has 2 heterocycles. The molecular weight excluding hydrogens is 274 g/mol. The lowest BCUT2D eigenvalue weighted by atomic mass is 10.1. The average molecular weight is 291 g/mol. The third-order valence-corrected chi connectivity index (χ3v) is 3.99. The Balaban J connectivity index is 1.69. The number of nitrogens with zero attached hydrogens (tertiary/aromatic N) is 2. The fraction of sp³-hybridized carbons (Fsp3) is 0.429. The van der Waals surface area contributed by atoms with Gasteiger partial charge in [-0.2, -0.15) is 16.7 Å². The van der Waals surface area contributed by atoms with Crippen molar-refractivity contribution in [2.75, 3.05) is 12.0 Å². The number of nitrogens with two attached hydrogens (primary N) is 1. The van der Waals surface area contributed by atoms with Crippen LogP contribution in [0.5, 0.6) is 5.75 Å². The number of hydrogen-bond acceptors (Lipinski definition) is 6. The summed E-state index contributed by atoms with van der Waals surface area (Å²) in [5, 5.41) is 4.01. The summed E-state index contributed by atoms with van der Waals surface area (Å²) in [6, 6.07) is 7.78. The second-order valence-corrected chi connectivity index (χ2v) is 5.78. The molecule has 3 rings (SSSR count). The lowest BCUT2D eigenvalue weighted by molar-refractivity contribution is 0.220. The molecule has 0 amide bonds. The zero-order valence-electron chi connectivity index (χ0n) is 11.3. The first-order chi connectivity index (χ1) is 9.78. The number of benzene rings is 1. The molecule has 1 aromatic heterocycles. The van der Waals surface area contributed by atoms with Crippen molar-refractivity contribution in [1.82, 2.24) is 10.1 Å². The zero-order valence-corrected chi connectivity index (χ0v) is 12.1. The highest BCUT2D eigenvalue weighted by atomic mass is 32.2. The van der Waals surface area contributed by atoms with Crippen molar-refractivity contribution >= 4 is 11.8 Å². The lowest BCUT2D eigenvalue weighted by Gasteiger charge is -2.05. The largest absolute Gasteiger partial charge is 0.482 e. The Morgan fingerprint density at radius 3 is 3.10 bits per heavy atom. The molecule has 0 aliphatic carbocycles. The molecule has 0 radical (unpaired) electrons. The third kappa shape index (κ3) is 2.66. The molecule has 0 saturated carbocycles. The second-order valence-electron chi connectivity index (χ2n) is 4.80. The molecule has 1 aromatic carbocycles. The van der Waals surface area contributed by atoms with Gasteiger partial charge < -0.3 is 15.0 Å². The maximum Gasteiger partial charge on any atom is 0.243 e. The van der Waals surface area contributed by atoms with Crippen LogP contribution < -0.4 is 10.5 Å². The molecule has 20 heavy (non-hydrogen) atoms. The molecule has 0 fully saturated rings. The minimum atomic E-state index is -0.201. The number of hydrogen-bond donors (Lipinski definition) is 1. The molecule has 0 spiro atoms. The Kier molecular flexibility index (Phi) is 3.93. The molecule has 2 aromatic rings. The summed E-state index contributed by atoms with van der Waals surface area (Å²) in [4.78, 5) is 4.39. The molecule has 1 aliphatic heterocycles. The highest BCUT2D eigenvalue weighted by Crippen LogP contribution is 2.35. The van der Waals surface area contributed by atoms with Crippen LogP contribution in [0.4, 0.5) is 0 Å². The number of ether oxygens (including phenoxy) is 1. The van der Waals surface area contributed by atoms with Crippen molar-refractivity contribution < 1.29 is 9.26 Å². The van der Waals surface area contributed by atoms with Crippen LogP contribution in [-0.2, 0) is 6.42 Å². The summed E-state index contributed by atoms with van der Waals surface area (Å²) in [7, 11) is 0. The van der Waals surface area contributed by atoms with Crippen LogP contribution in [0.25, 0.3) is 0 Å². The molecule has 2 N–H and O–H groups in total. The quantitative estimate of drug-likeness (QED) is 0.912. The smallest absolute Gasteiger partial charge is 0.243 e. The molecule has 106 valence electrons. The summed E-state index contributed by atoms with van der Waals surface area (Å²) in [6.45, 7) is 0. The van der Waals surface area contributed by atoms with Crippen LogP contribution in [-0.4, -0.2) is 22.1 Å². The summed E-state index contributed by atoms with van der Waals surface area (Å²) in [6.07, 6.45) is 3.48. The molecule has 0 bridgehead atoms. The summed E-state index contributed by atoms with van der Waals surface area (Å²) in [5.41, 5.74) is 7.20. The van der Waals surface area contributed by atoms with Gasteiger partial charge in [0.05, 0.1) is 6.04 Å². The third-order valence-electron chi connectivity index (χ3n) is 3.34. The topological polar surface area (TPSA) is 74.2 Å². The van der Waals surface area contributed by atoms with Crippen LogP contribution in [0.2, 0.25) is 0 Å². The van der Waals surface area contributed by atoms with E-state index in [4.69, 9.17) is 15.0 Å². The van der Waals surface area contributed by atoms with Gasteiger partial charge in [-0.05, 0) is 30.1 Å². The Morgan fingerprint density at radius 2 is 2.30 bits per heavy atom. The molecular formula is C14H17N3O2S. The van der Waals surface area contributed by atoms with Crippen molar-refractivity contribution in [3.63, 3.8) is 0 Å². The number of aromatic nitrogens is 2. The lowest BCUT2D eigenvalue weighted by Crippen LogP contribution is -2.12. The van der Waals surface area contributed by atoms with Crippen LogP contribution in [0.15, 0.2) is 28.8 Å². The van der Waals surface area contributed by atoms with Crippen molar-refractivity contribution in [3.05, 3.63) is 41.5 Å². The van der Waals surface area contributed by atoms with E-state index >= 15 is 0 Å². The van der Waals surface area contributed by atoms with Gasteiger partial charge in [0.15, 0.2) is 6.10 Å². The Morgan fingerprint density at radius 1 is 1.45 bits per heavy atom. The minimum absolute atomic E-state index is 0.169. The highest BCUT2D eigenvalue weighted by Gasteiger charge is 2.28. The van der Waals surface area contributed by atoms with Gasteiger partial charge in [-0.25, -0.2) is 0 Å². The van der Waals surface area contributed by atoms with Crippen molar-refractivity contribution in [2.45, 2.75) is 25.0 Å². The molecule has 5 nitrogen and oxygen atoms in total. The molecule has 1 aliphatic rings. The summed E-state index contributed by atoms with van der Waals surface area (Å²) in [5.74, 6) is 2.95. The van der Waals surface area contributed by atoms with Crippen LogP contribution >= 0.6 is 11.8 Å². The van der Waals surface area contributed by atoms with E-state index in [1.165, 1.54) is 5.56 Å². The predicted molar refractivity (Wildman–Crippen MR) is 77.7 cm³/mol. The number of rotatable bonds is 5. The van der Waals surface area contributed by atoms with E-state index in [1.807, 2.05) is 18.2 Å². The van der Waals surface area contributed by atoms with Crippen molar-refractivity contribution in [1.29, 1.82) is 0 Å². The number of thioether (sulfide) groups is 1. The standard InChI is InChI=1S/C14H17N3O2S/c1-20-7-6-10(15)14-16-13(17-19-14)12-8-9-4-2-3-5-11(9)18-12/h2-5,10,12H,6-8,15H2,1H3. The van der Waals surface area contributed by atoms with Crippen molar-refractivity contribution in [3.8, 4) is 5.75 Å². The molecule has 2 unspecified atom stereocenters. The Bertz CT molecular complexity index is 562. The number of para-hydroxylation sites is 1. The van der Waals surface area contributed by atoms with E-state index in [0.29, 0.717) is 11.7 Å². The average Bonchev–Trinajstić information content (AvgIpc) is 3.10. The Hall–Kier alpha value is -1.53. The van der Waals surface area contributed by atoms with E-state index in [9.17, 15) is 0 Å². The highest BCUT2D eigenvalue weighted by molar-refractivity contribution is 7.98. The van der Waals surface area contributed by atoms with E-state index < -0.39 is 0 Å². The van der Waals surface area contributed by atoms with Gasteiger partial charge in [-0.15, -0.1) is 0 Å². The zero-order chi connectivity index (χ0) is 13.9. The Labute approximate surface area is 121 Å². The number of fused-ring (bicyclic) bond motifs is 1. The minimum Gasteiger partial charge on any atom is -0.482 e. The van der Waals surface area contributed by atoms with Gasteiger partial charge in [0, 0.05) is 6.42 Å². The van der Waals surface area contributed by atoms with Gasteiger partial charge in [0.1, 0.15) is 5.75 Å². The van der Waals surface area contributed by atoms with E-state index in [0.717, 1.165) is 24.3 Å². The second kappa shape index (κ2) is 5.85. The van der Waals surface area contributed by atoms with E-state index in [2.05, 4.69) is 22.5 Å². The maximum atomic E-state index is 6.03.